The fourth-order valence-corrected chi connectivity index (χ4v) is 3.55. The monoisotopic (exact) mass is 310 g/mol. The molecule has 0 spiro atoms. The zero-order valence-electron chi connectivity index (χ0n) is 11.2. The summed E-state index contributed by atoms with van der Waals surface area (Å²) in [6, 6.07) is 8.64. The second kappa shape index (κ2) is 7.07. The predicted molar refractivity (Wildman–Crippen MR) is 87.0 cm³/mol. The second-order valence-corrected chi connectivity index (χ2v) is 5.89. The average molecular weight is 311 g/mol. The van der Waals surface area contributed by atoms with Gasteiger partial charge in [-0.05, 0) is 31.9 Å². The van der Waals surface area contributed by atoms with Crippen molar-refractivity contribution >= 4 is 39.7 Å². The smallest absolute Gasteiger partial charge is 0.252 e. The number of halogens is 1. The van der Waals surface area contributed by atoms with E-state index in [2.05, 4.69) is 16.7 Å². The summed E-state index contributed by atoms with van der Waals surface area (Å²) in [6.07, 6.45) is 3.51. The van der Waals surface area contributed by atoms with Gasteiger partial charge in [-0.15, -0.1) is 23.7 Å². The lowest BCUT2D eigenvalue weighted by molar-refractivity contribution is 0.0954. The van der Waals surface area contributed by atoms with Gasteiger partial charge in [0.15, 0.2) is 0 Å². The maximum atomic E-state index is 12.2. The number of rotatable bonds is 4. The lowest BCUT2D eigenvalue weighted by atomic mass is 10.1. The molecular weight excluding hydrogens is 292 g/mol. The minimum Gasteiger partial charge on any atom is -0.352 e. The first-order chi connectivity index (χ1) is 9.34. The summed E-state index contributed by atoms with van der Waals surface area (Å²) in [5.74, 6) is 0.0513. The highest BCUT2D eigenvalue weighted by Gasteiger charge is 2.15. The van der Waals surface area contributed by atoms with Gasteiger partial charge in [-0.25, -0.2) is 0 Å². The van der Waals surface area contributed by atoms with Gasteiger partial charge in [0, 0.05) is 28.1 Å². The molecule has 0 bridgehead atoms. The molecule has 2 N–H and O–H groups in total. The van der Waals surface area contributed by atoms with E-state index in [1.165, 1.54) is 17.5 Å². The van der Waals surface area contributed by atoms with Crippen molar-refractivity contribution in [2.75, 3.05) is 13.1 Å². The second-order valence-electron chi connectivity index (χ2n) is 4.98. The standard InChI is InChI=1S/C15H18N2OS.ClH/c18-15(17-9-7-11-4-3-8-16-11)13-10-19-14-6-2-1-5-12(13)14;/h1-2,5-6,10-11,16H,3-4,7-9H2,(H,17,18);1H/t11-;/m1./s1. The van der Waals surface area contributed by atoms with Crippen LogP contribution in [0.2, 0.25) is 0 Å². The first kappa shape index (κ1) is 15.3. The number of nitrogens with one attached hydrogen (secondary N) is 2. The molecule has 1 atom stereocenters. The summed E-state index contributed by atoms with van der Waals surface area (Å²) >= 11 is 1.63. The Morgan fingerprint density at radius 2 is 2.25 bits per heavy atom. The van der Waals surface area contributed by atoms with Crippen molar-refractivity contribution in [1.29, 1.82) is 0 Å². The van der Waals surface area contributed by atoms with Crippen LogP contribution in [0.1, 0.15) is 29.6 Å². The Labute approximate surface area is 129 Å². The molecule has 20 heavy (non-hydrogen) atoms. The molecule has 0 saturated carbocycles. The summed E-state index contributed by atoms with van der Waals surface area (Å²) in [4.78, 5) is 12.2. The van der Waals surface area contributed by atoms with Gasteiger partial charge < -0.3 is 10.6 Å². The fourth-order valence-electron chi connectivity index (χ4n) is 2.61. The number of hydrogen-bond donors (Lipinski definition) is 2. The number of hydrogen-bond acceptors (Lipinski definition) is 3. The van der Waals surface area contributed by atoms with Crippen LogP contribution in [0, 0.1) is 0 Å². The van der Waals surface area contributed by atoms with Crippen LogP contribution in [-0.4, -0.2) is 25.0 Å². The first-order valence-corrected chi connectivity index (χ1v) is 7.70. The third-order valence-corrected chi connectivity index (χ3v) is 4.63. The maximum absolute atomic E-state index is 12.2. The summed E-state index contributed by atoms with van der Waals surface area (Å²) < 4.78 is 1.17. The molecule has 1 aromatic heterocycles. The zero-order chi connectivity index (χ0) is 13.1. The van der Waals surface area contributed by atoms with E-state index < -0.39 is 0 Å². The summed E-state index contributed by atoms with van der Waals surface area (Å²) in [6.45, 7) is 1.87. The summed E-state index contributed by atoms with van der Waals surface area (Å²) in [7, 11) is 0. The van der Waals surface area contributed by atoms with Gasteiger partial charge in [0.25, 0.3) is 5.91 Å². The van der Waals surface area contributed by atoms with E-state index in [0.29, 0.717) is 6.04 Å². The van der Waals surface area contributed by atoms with E-state index in [1.54, 1.807) is 11.3 Å². The third-order valence-electron chi connectivity index (χ3n) is 3.67. The minimum atomic E-state index is 0. The number of benzene rings is 1. The molecule has 0 unspecified atom stereocenters. The van der Waals surface area contributed by atoms with Crippen molar-refractivity contribution in [3.63, 3.8) is 0 Å². The average Bonchev–Trinajstić information content (AvgIpc) is 3.07. The van der Waals surface area contributed by atoms with Crippen LogP contribution in [0.3, 0.4) is 0 Å². The van der Waals surface area contributed by atoms with E-state index in [0.717, 1.165) is 30.5 Å². The van der Waals surface area contributed by atoms with E-state index >= 15 is 0 Å². The van der Waals surface area contributed by atoms with Crippen molar-refractivity contribution in [2.45, 2.75) is 25.3 Å². The fraction of sp³-hybridized carbons (Fsp3) is 0.400. The Kier molecular flexibility index (Phi) is 5.40. The van der Waals surface area contributed by atoms with Crippen molar-refractivity contribution in [3.8, 4) is 0 Å². The van der Waals surface area contributed by atoms with Crippen LogP contribution in [-0.2, 0) is 0 Å². The molecule has 1 aliphatic heterocycles. The van der Waals surface area contributed by atoms with E-state index in [9.17, 15) is 4.79 Å². The van der Waals surface area contributed by atoms with E-state index in [1.807, 2.05) is 23.6 Å². The lowest BCUT2D eigenvalue weighted by Crippen LogP contribution is -2.30. The normalized spacial score (nSPS) is 17.9. The number of thiophene rings is 1. The van der Waals surface area contributed by atoms with Gasteiger partial charge in [-0.3, -0.25) is 4.79 Å². The van der Waals surface area contributed by atoms with Gasteiger partial charge in [0.05, 0.1) is 5.56 Å². The molecule has 1 aliphatic rings. The Morgan fingerprint density at radius 1 is 1.40 bits per heavy atom. The molecular formula is C15H19ClN2OS. The van der Waals surface area contributed by atoms with E-state index in [4.69, 9.17) is 0 Å². The van der Waals surface area contributed by atoms with Gasteiger partial charge in [-0.2, -0.15) is 0 Å². The number of carbonyl (C=O) groups is 1. The van der Waals surface area contributed by atoms with Crippen molar-refractivity contribution < 1.29 is 4.79 Å². The van der Waals surface area contributed by atoms with Crippen LogP contribution in [0.4, 0.5) is 0 Å². The first-order valence-electron chi connectivity index (χ1n) is 6.82. The van der Waals surface area contributed by atoms with E-state index in [-0.39, 0.29) is 18.3 Å². The molecule has 5 heteroatoms. The van der Waals surface area contributed by atoms with Crippen LogP contribution < -0.4 is 10.6 Å². The predicted octanol–water partition coefficient (Wildman–Crippen LogP) is 3.20. The molecule has 0 aliphatic carbocycles. The number of fused-ring (bicyclic) bond motifs is 1. The molecule has 2 heterocycles. The number of carbonyl (C=O) groups excluding carboxylic acids is 1. The Bertz CT molecular complexity index is 578. The quantitative estimate of drug-likeness (QED) is 0.910. The van der Waals surface area contributed by atoms with Gasteiger partial charge in [-0.1, -0.05) is 18.2 Å². The highest BCUT2D eigenvalue weighted by molar-refractivity contribution is 7.17. The van der Waals surface area contributed by atoms with Crippen molar-refractivity contribution in [3.05, 3.63) is 35.2 Å². The molecule has 1 saturated heterocycles. The maximum Gasteiger partial charge on any atom is 0.252 e. The highest BCUT2D eigenvalue weighted by atomic mass is 35.5. The molecule has 0 radical (unpaired) electrons. The van der Waals surface area contributed by atoms with Crippen molar-refractivity contribution in [1.82, 2.24) is 10.6 Å². The highest BCUT2D eigenvalue weighted by Crippen LogP contribution is 2.25. The topological polar surface area (TPSA) is 41.1 Å². The van der Waals surface area contributed by atoms with Crippen LogP contribution in [0.5, 0.6) is 0 Å². The van der Waals surface area contributed by atoms with Crippen LogP contribution in [0.25, 0.3) is 10.1 Å². The molecule has 108 valence electrons. The molecule has 1 amide bonds. The number of amides is 1. The van der Waals surface area contributed by atoms with Gasteiger partial charge in [0.1, 0.15) is 0 Å². The Morgan fingerprint density at radius 3 is 3.05 bits per heavy atom. The largest absolute Gasteiger partial charge is 0.352 e. The minimum absolute atomic E-state index is 0. The third kappa shape index (κ3) is 3.32. The molecule has 1 aromatic carbocycles. The van der Waals surface area contributed by atoms with Crippen LogP contribution >= 0.6 is 23.7 Å². The van der Waals surface area contributed by atoms with Crippen molar-refractivity contribution in [2.24, 2.45) is 0 Å². The molecule has 1 fully saturated rings. The molecule has 3 nitrogen and oxygen atoms in total. The summed E-state index contributed by atoms with van der Waals surface area (Å²) in [5, 5.41) is 9.49. The zero-order valence-corrected chi connectivity index (χ0v) is 12.9. The Balaban J connectivity index is 0.00000147. The SMILES string of the molecule is Cl.O=C(NCC[C@H]1CCCN1)c1csc2ccccc12. The van der Waals surface area contributed by atoms with Gasteiger partial charge in [0.2, 0.25) is 0 Å². The Hall–Kier alpha value is -1.10. The lowest BCUT2D eigenvalue weighted by Gasteiger charge is -2.10. The van der Waals surface area contributed by atoms with Gasteiger partial charge >= 0.3 is 0 Å². The molecule has 2 aromatic rings. The van der Waals surface area contributed by atoms with Crippen LogP contribution in [0.15, 0.2) is 29.6 Å². The molecule has 3 rings (SSSR count). The summed E-state index contributed by atoms with van der Waals surface area (Å²) in [5.41, 5.74) is 0.806.